The highest BCUT2D eigenvalue weighted by Gasteiger charge is 2.25. The molecule has 0 aliphatic carbocycles. The van der Waals surface area contributed by atoms with Crippen LogP contribution in [0.5, 0.6) is 5.75 Å². The molecule has 2 nitrogen and oxygen atoms in total. The Labute approximate surface area is 115 Å². The third kappa shape index (κ3) is 3.15. The van der Waals surface area contributed by atoms with Crippen LogP contribution in [-0.2, 0) is 4.74 Å². The van der Waals surface area contributed by atoms with Gasteiger partial charge in [0.2, 0.25) is 0 Å². The van der Waals surface area contributed by atoms with Crippen LogP contribution in [0.4, 0.5) is 0 Å². The molecule has 0 radical (unpaired) electrons. The molecule has 4 heteroatoms. The first-order valence-corrected chi connectivity index (χ1v) is 7.00. The average molecular weight is 320 g/mol. The lowest BCUT2D eigenvalue weighted by Gasteiger charge is -2.27. The minimum absolute atomic E-state index is 0.00409. The van der Waals surface area contributed by atoms with Crippen molar-refractivity contribution < 1.29 is 9.47 Å². The van der Waals surface area contributed by atoms with E-state index in [9.17, 15) is 0 Å². The number of hydrogen-bond donors (Lipinski definition) is 0. The number of methoxy groups -OCH3 is 1. The lowest BCUT2D eigenvalue weighted by Crippen LogP contribution is -2.21. The van der Waals surface area contributed by atoms with E-state index in [2.05, 4.69) is 15.9 Å². The highest BCUT2D eigenvalue weighted by Crippen LogP contribution is 2.38. The molecule has 1 aliphatic rings. The monoisotopic (exact) mass is 318 g/mol. The van der Waals surface area contributed by atoms with Gasteiger partial charge in [-0.2, -0.15) is 0 Å². The summed E-state index contributed by atoms with van der Waals surface area (Å²) in [6.07, 6.45) is 2.23. The molecule has 0 amide bonds. The van der Waals surface area contributed by atoms with Gasteiger partial charge in [0.1, 0.15) is 5.75 Å². The van der Waals surface area contributed by atoms with Crippen molar-refractivity contribution in [3.8, 4) is 5.75 Å². The second kappa shape index (κ2) is 6.07. The van der Waals surface area contributed by atoms with Gasteiger partial charge in [-0.1, -0.05) is 22.0 Å². The largest absolute Gasteiger partial charge is 0.497 e. The maximum Gasteiger partial charge on any atom is 0.120 e. The second-order valence-electron chi connectivity index (χ2n) is 4.27. The van der Waals surface area contributed by atoms with Crippen molar-refractivity contribution in [2.75, 3.05) is 20.3 Å². The molecule has 0 saturated carbocycles. The van der Waals surface area contributed by atoms with Crippen molar-refractivity contribution in [3.63, 3.8) is 0 Å². The van der Waals surface area contributed by atoms with Gasteiger partial charge in [0, 0.05) is 17.0 Å². The smallest absolute Gasteiger partial charge is 0.120 e. The third-order valence-corrected chi connectivity index (χ3v) is 4.39. The lowest BCUT2D eigenvalue weighted by atomic mass is 9.93. The maximum absolute atomic E-state index is 6.54. The molecule has 1 heterocycles. The zero-order chi connectivity index (χ0) is 12.3. The van der Waals surface area contributed by atoms with Gasteiger partial charge in [0.15, 0.2) is 0 Å². The van der Waals surface area contributed by atoms with E-state index in [1.807, 2.05) is 18.2 Å². The van der Waals surface area contributed by atoms with E-state index < -0.39 is 0 Å². The van der Waals surface area contributed by atoms with Gasteiger partial charge in [-0.25, -0.2) is 0 Å². The van der Waals surface area contributed by atoms with E-state index in [-0.39, 0.29) is 5.38 Å². The molecule has 2 rings (SSSR count). The van der Waals surface area contributed by atoms with Crippen molar-refractivity contribution in [1.82, 2.24) is 0 Å². The van der Waals surface area contributed by atoms with Crippen LogP contribution in [0.2, 0.25) is 0 Å². The highest BCUT2D eigenvalue weighted by atomic mass is 79.9. The Hall–Kier alpha value is -0.250. The fourth-order valence-electron chi connectivity index (χ4n) is 2.11. The molecule has 0 N–H and O–H groups in total. The molecule has 0 aromatic heterocycles. The van der Waals surface area contributed by atoms with Crippen LogP contribution in [0, 0.1) is 5.92 Å². The van der Waals surface area contributed by atoms with Gasteiger partial charge in [0.25, 0.3) is 0 Å². The van der Waals surface area contributed by atoms with Crippen LogP contribution in [-0.4, -0.2) is 20.3 Å². The fraction of sp³-hybridized carbons (Fsp3) is 0.538. The Morgan fingerprint density at radius 3 is 2.94 bits per heavy atom. The Balaban J connectivity index is 2.15. The normalized spacial score (nSPS) is 22.2. The van der Waals surface area contributed by atoms with Crippen molar-refractivity contribution in [3.05, 3.63) is 28.2 Å². The number of hydrogen-bond acceptors (Lipinski definition) is 2. The summed E-state index contributed by atoms with van der Waals surface area (Å²) in [7, 11) is 1.66. The van der Waals surface area contributed by atoms with Crippen molar-refractivity contribution in [1.29, 1.82) is 0 Å². The lowest BCUT2D eigenvalue weighted by molar-refractivity contribution is 0.0531. The summed E-state index contributed by atoms with van der Waals surface area (Å²) >= 11 is 10.1. The van der Waals surface area contributed by atoms with Crippen LogP contribution in [0.15, 0.2) is 22.7 Å². The first-order valence-electron chi connectivity index (χ1n) is 5.77. The van der Waals surface area contributed by atoms with E-state index in [1.54, 1.807) is 7.11 Å². The summed E-state index contributed by atoms with van der Waals surface area (Å²) in [6, 6.07) is 5.92. The van der Waals surface area contributed by atoms with Gasteiger partial charge in [-0.3, -0.25) is 0 Å². The second-order valence-corrected chi connectivity index (χ2v) is 5.59. The number of alkyl halides is 1. The van der Waals surface area contributed by atoms with E-state index in [1.165, 1.54) is 0 Å². The first-order chi connectivity index (χ1) is 8.22. The summed E-state index contributed by atoms with van der Waals surface area (Å²) in [4.78, 5) is 0. The van der Waals surface area contributed by atoms with Gasteiger partial charge in [-0.15, -0.1) is 11.6 Å². The zero-order valence-electron chi connectivity index (χ0n) is 9.79. The van der Waals surface area contributed by atoms with Gasteiger partial charge in [-0.05, 0) is 30.5 Å². The van der Waals surface area contributed by atoms with Crippen LogP contribution < -0.4 is 4.74 Å². The molecule has 2 unspecified atom stereocenters. The number of rotatable bonds is 3. The Bertz CT molecular complexity index is 378. The summed E-state index contributed by atoms with van der Waals surface area (Å²) in [5.41, 5.74) is 1.11. The quantitative estimate of drug-likeness (QED) is 0.779. The predicted octanol–water partition coefficient (Wildman–Crippen LogP) is 4.16. The number of ether oxygens (including phenoxy) is 2. The molecule has 1 aromatic rings. The minimum Gasteiger partial charge on any atom is -0.497 e. The Morgan fingerprint density at radius 1 is 1.53 bits per heavy atom. The molecule has 17 heavy (non-hydrogen) atoms. The molecule has 1 saturated heterocycles. The fourth-order valence-corrected chi connectivity index (χ4v) is 3.23. The highest BCUT2D eigenvalue weighted by molar-refractivity contribution is 9.10. The van der Waals surface area contributed by atoms with E-state index in [0.717, 1.165) is 41.8 Å². The Morgan fingerprint density at radius 2 is 2.35 bits per heavy atom. The van der Waals surface area contributed by atoms with Gasteiger partial charge in [0.05, 0.1) is 19.1 Å². The standard InChI is InChI=1S/C13H16BrClO2/c1-16-10-4-5-11(12(14)7-10)13(15)9-3-2-6-17-8-9/h4-5,7,9,13H,2-3,6,8H2,1H3. The average Bonchev–Trinajstić information content (AvgIpc) is 2.39. The van der Waals surface area contributed by atoms with E-state index in [0.29, 0.717) is 5.92 Å². The molecule has 1 aliphatic heterocycles. The molecular weight excluding hydrogens is 303 g/mol. The molecule has 1 fully saturated rings. The summed E-state index contributed by atoms with van der Waals surface area (Å²) < 4.78 is 11.7. The molecule has 2 atom stereocenters. The topological polar surface area (TPSA) is 18.5 Å². The number of benzene rings is 1. The van der Waals surface area contributed by atoms with Crippen LogP contribution in [0.3, 0.4) is 0 Å². The molecule has 1 aromatic carbocycles. The summed E-state index contributed by atoms with van der Waals surface area (Å²) in [5.74, 6) is 1.24. The number of halogens is 2. The maximum atomic E-state index is 6.54. The molecule has 94 valence electrons. The predicted molar refractivity (Wildman–Crippen MR) is 72.8 cm³/mol. The van der Waals surface area contributed by atoms with E-state index in [4.69, 9.17) is 21.1 Å². The molecular formula is C13H16BrClO2. The van der Waals surface area contributed by atoms with Gasteiger partial charge >= 0.3 is 0 Å². The molecule has 0 bridgehead atoms. The van der Waals surface area contributed by atoms with Gasteiger partial charge < -0.3 is 9.47 Å². The zero-order valence-corrected chi connectivity index (χ0v) is 12.1. The van der Waals surface area contributed by atoms with E-state index >= 15 is 0 Å². The van der Waals surface area contributed by atoms with Crippen LogP contribution in [0.25, 0.3) is 0 Å². The first kappa shape index (κ1) is 13.2. The van der Waals surface area contributed by atoms with Crippen LogP contribution >= 0.6 is 27.5 Å². The van der Waals surface area contributed by atoms with Crippen molar-refractivity contribution in [2.45, 2.75) is 18.2 Å². The SMILES string of the molecule is COc1ccc(C(Cl)C2CCCOC2)c(Br)c1. The summed E-state index contributed by atoms with van der Waals surface area (Å²) in [6.45, 7) is 1.62. The molecule has 0 spiro atoms. The third-order valence-electron chi connectivity index (χ3n) is 3.11. The minimum atomic E-state index is -0.00409. The van der Waals surface area contributed by atoms with Crippen molar-refractivity contribution >= 4 is 27.5 Å². The summed E-state index contributed by atoms with van der Waals surface area (Å²) in [5, 5.41) is -0.00409. The van der Waals surface area contributed by atoms with Crippen molar-refractivity contribution in [2.24, 2.45) is 5.92 Å². The van der Waals surface area contributed by atoms with Crippen LogP contribution in [0.1, 0.15) is 23.8 Å². The Kier molecular flexibility index (Phi) is 4.71.